The first-order valence-electron chi connectivity index (χ1n) is 11.8. The van der Waals surface area contributed by atoms with Crippen molar-refractivity contribution in [1.29, 1.82) is 0 Å². The van der Waals surface area contributed by atoms with E-state index in [0.29, 0.717) is 47.0 Å². The smallest absolute Gasteiger partial charge is 0.231 e. The Morgan fingerprint density at radius 2 is 1.66 bits per heavy atom. The van der Waals surface area contributed by atoms with Crippen LogP contribution in [0.15, 0.2) is 58.6 Å². The molecule has 1 aromatic rings. The van der Waals surface area contributed by atoms with Gasteiger partial charge in [-0.05, 0) is 52.7 Å². The monoisotopic (exact) mass is 478 g/mol. The predicted octanol–water partition coefficient (Wildman–Crippen LogP) is 4.93. The van der Waals surface area contributed by atoms with Crippen LogP contribution in [0.2, 0.25) is 0 Å². The van der Waals surface area contributed by atoms with E-state index in [1.165, 1.54) is 7.11 Å². The Morgan fingerprint density at radius 1 is 1.00 bits per heavy atom. The molecule has 0 bridgehead atoms. The van der Waals surface area contributed by atoms with Crippen LogP contribution in [0.4, 0.5) is 0 Å². The Kier molecular flexibility index (Phi) is 5.74. The molecule has 1 aromatic carbocycles. The van der Waals surface area contributed by atoms with Gasteiger partial charge in [0.15, 0.2) is 23.0 Å². The van der Waals surface area contributed by atoms with Crippen LogP contribution in [0.25, 0.3) is 0 Å². The van der Waals surface area contributed by atoms with Gasteiger partial charge in [0.2, 0.25) is 12.6 Å². The van der Waals surface area contributed by atoms with Gasteiger partial charge in [-0.3, -0.25) is 9.59 Å². The van der Waals surface area contributed by atoms with Gasteiger partial charge in [0, 0.05) is 11.6 Å². The summed E-state index contributed by atoms with van der Waals surface area (Å²) in [6.07, 6.45) is 5.83. The summed E-state index contributed by atoms with van der Waals surface area (Å²) in [6, 6.07) is 3.57. The van der Waals surface area contributed by atoms with E-state index in [1.54, 1.807) is 18.2 Å². The van der Waals surface area contributed by atoms with E-state index in [4.69, 9.17) is 23.7 Å². The number of ketones is 2. The number of carbonyl (C=O) groups excluding carboxylic acids is 2. The number of methoxy groups -OCH3 is 1. The van der Waals surface area contributed by atoms with Gasteiger partial charge in [0.05, 0.1) is 18.6 Å². The highest BCUT2D eigenvalue weighted by molar-refractivity contribution is 6.12. The minimum atomic E-state index is -1.07. The molecule has 0 saturated heterocycles. The number of hydrogen-bond donors (Lipinski definition) is 0. The molecule has 0 N–H and O–H groups in total. The lowest BCUT2D eigenvalue weighted by Crippen LogP contribution is -2.48. The quantitative estimate of drug-likeness (QED) is 0.556. The first-order valence-corrected chi connectivity index (χ1v) is 11.8. The topological polar surface area (TPSA) is 80.3 Å². The maximum Gasteiger partial charge on any atom is 0.231 e. The number of carbonyl (C=O) groups is 2. The second kappa shape index (κ2) is 8.63. The van der Waals surface area contributed by atoms with Crippen LogP contribution in [0, 0.1) is 5.41 Å². The fourth-order valence-corrected chi connectivity index (χ4v) is 5.09. The van der Waals surface area contributed by atoms with Crippen molar-refractivity contribution in [2.24, 2.45) is 5.41 Å². The Labute approximate surface area is 205 Å². The fourth-order valence-electron chi connectivity index (χ4n) is 5.09. The first-order chi connectivity index (χ1) is 16.7. The molecular formula is C28H30O7. The SMILES string of the molecule is COC1=CC2=C(OC3COc4cc5c(cc4C3C2=O)OCO5)C(CC=C(C)C)(CC=C(C)C)C1=O. The van der Waals surface area contributed by atoms with Crippen LogP contribution in [0.1, 0.15) is 52.0 Å². The molecule has 2 unspecified atom stereocenters. The number of ether oxygens (including phenoxy) is 5. The molecule has 5 rings (SSSR count). The molecule has 0 amide bonds. The van der Waals surface area contributed by atoms with E-state index in [2.05, 4.69) is 0 Å². The zero-order chi connectivity index (χ0) is 24.9. The van der Waals surface area contributed by atoms with Crippen LogP contribution in [0.5, 0.6) is 17.2 Å². The normalized spacial score (nSPS) is 23.2. The zero-order valence-electron chi connectivity index (χ0n) is 20.7. The standard InChI is InChI=1S/C28H30O7/c1-15(2)6-8-28(9-7-16(3)4)26(30)22(31-5)11-18-25(29)24-17-10-20-21(34-14-33-20)12-19(17)32-13-23(24)35-27(18)28/h6-7,10-12,23-24H,8-9,13-14H2,1-5H3. The van der Waals surface area contributed by atoms with Crippen LogP contribution >= 0.6 is 0 Å². The van der Waals surface area contributed by atoms with Gasteiger partial charge in [0.25, 0.3) is 0 Å². The molecule has 184 valence electrons. The summed E-state index contributed by atoms with van der Waals surface area (Å²) in [6.45, 7) is 8.28. The van der Waals surface area contributed by atoms with Gasteiger partial charge in [-0.15, -0.1) is 0 Å². The Balaban J connectivity index is 1.66. The highest BCUT2D eigenvalue weighted by atomic mass is 16.7. The lowest BCUT2D eigenvalue weighted by molar-refractivity contribution is -0.133. The van der Waals surface area contributed by atoms with Crippen LogP contribution < -0.4 is 14.2 Å². The predicted molar refractivity (Wildman–Crippen MR) is 128 cm³/mol. The van der Waals surface area contributed by atoms with Crippen molar-refractivity contribution in [3.05, 3.63) is 64.2 Å². The molecule has 0 radical (unpaired) electrons. The molecule has 3 heterocycles. The van der Waals surface area contributed by atoms with E-state index in [1.807, 2.05) is 39.8 Å². The van der Waals surface area contributed by atoms with E-state index in [9.17, 15) is 9.59 Å². The molecular weight excluding hydrogens is 448 g/mol. The summed E-state index contributed by atoms with van der Waals surface area (Å²) in [5.41, 5.74) is 2.18. The number of hydrogen-bond acceptors (Lipinski definition) is 7. The summed E-state index contributed by atoms with van der Waals surface area (Å²) < 4.78 is 29.1. The van der Waals surface area contributed by atoms with Crippen LogP contribution in [0.3, 0.4) is 0 Å². The molecule has 4 aliphatic rings. The summed E-state index contributed by atoms with van der Waals surface area (Å²) in [5, 5.41) is 0. The minimum Gasteiger partial charge on any atom is -0.493 e. The number of benzene rings is 1. The van der Waals surface area contributed by atoms with E-state index in [-0.39, 0.29) is 30.7 Å². The van der Waals surface area contributed by atoms with Gasteiger partial charge in [0.1, 0.15) is 29.6 Å². The average molecular weight is 479 g/mol. The summed E-state index contributed by atoms with van der Waals surface area (Å²) in [5.74, 6) is 1.46. The van der Waals surface area contributed by atoms with Crippen molar-refractivity contribution in [2.75, 3.05) is 20.5 Å². The highest BCUT2D eigenvalue weighted by Crippen LogP contribution is 2.53. The lowest BCUT2D eigenvalue weighted by Gasteiger charge is -2.44. The van der Waals surface area contributed by atoms with Crippen LogP contribution in [-0.2, 0) is 19.1 Å². The van der Waals surface area contributed by atoms with Crippen molar-refractivity contribution in [1.82, 2.24) is 0 Å². The number of fused-ring (bicyclic) bond motifs is 4. The van der Waals surface area contributed by atoms with Crippen molar-refractivity contribution < 1.29 is 33.3 Å². The molecule has 7 heteroatoms. The average Bonchev–Trinajstić information content (AvgIpc) is 3.28. The molecule has 0 aromatic heterocycles. The Bertz CT molecular complexity index is 1200. The van der Waals surface area contributed by atoms with Crippen molar-refractivity contribution >= 4 is 11.6 Å². The third-order valence-corrected chi connectivity index (χ3v) is 6.98. The fraction of sp³-hybridized carbons (Fsp3) is 0.429. The van der Waals surface area contributed by atoms with Crippen LogP contribution in [-0.4, -0.2) is 38.2 Å². The van der Waals surface area contributed by atoms with Crippen molar-refractivity contribution in [2.45, 2.75) is 52.6 Å². The third-order valence-electron chi connectivity index (χ3n) is 6.98. The Hall–Kier alpha value is -3.48. The number of Topliss-reactive ketones (excluding diaryl/α,β-unsaturated/α-hetero) is 2. The molecule has 7 nitrogen and oxygen atoms in total. The molecule has 0 fully saturated rings. The summed E-state index contributed by atoms with van der Waals surface area (Å²) in [7, 11) is 1.46. The van der Waals surface area contributed by atoms with Gasteiger partial charge in [-0.2, -0.15) is 0 Å². The first kappa shape index (κ1) is 23.3. The molecule has 0 saturated carbocycles. The molecule has 1 aliphatic carbocycles. The van der Waals surface area contributed by atoms with E-state index < -0.39 is 17.4 Å². The van der Waals surface area contributed by atoms with Gasteiger partial charge >= 0.3 is 0 Å². The van der Waals surface area contributed by atoms with Gasteiger partial charge in [-0.25, -0.2) is 0 Å². The van der Waals surface area contributed by atoms with E-state index >= 15 is 0 Å². The molecule has 3 aliphatic heterocycles. The lowest BCUT2D eigenvalue weighted by atomic mass is 9.67. The molecule has 2 atom stereocenters. The van der Waals surface area contributed by atoms with Gasteiger partial charge < -0.3 is 23.7 Å². The van der Waals surface area contributed by atoms with Gasteiger partial charge in [-0.1, -0.05) is 23.3 Å². The highest BCUT2D eigenvalue weighted by Gasteiger charge is 2.55. The molecule has 0 spiro atoms. The van der Waals surface area contributed by atoms with E-state index in [0.717, 1.165) is 11.1 Å². The second-order valence-corrected chi connectivity index (χ2v) is 9.89. The second-order valence-electron chi connectivity index (χ2n) is 9.89. The summed E-state index contributed by atoms with van der Waals surface area (Å²) in [4.78, 5) is 27.9. The Morgan fingerprint density at radius 3 is 2.29 bits per heavy atom. The number of rotatable bonds is 5. The third kappa shape index (κ3) is 3.74. The zero-order valence-corrected chi connectivity index (χ0v) is 20.7. The summed E-state index contributed by atoms with van der Waals surface area (Å²) >= 11 is 0. The van der Waals surface area contributed by atoms with Crippen molar-refractivity contribution in [3.63, 3.8) is 0 Å². The maximum absolute atomic E-state index is 14.1. The maximum atomic E-state index is 14.1. The largest absolute Gasteiger partial charge is 0.493 e. The minimum absolute atomic E-state index is 0.111. The number of allylic oxidation sites excluding steroid dienone is 8. The molecule has 35 heavy (non-hydrogen) atoms. The van der Waals surface area contributed by atoms with Crippen molar-refractivity contribution in [3.8, 4) is 17.2 Å².